The highest BCUT2D eigenvalue weighted by Gasteiger charge is 2.28. The molecule has 0 aliphatic carbocycles. The van der Waals surface area contributed by atoms with Crippen molar-refractivity contribution >= 4 is 28.5 Å². The Morgan fingerprint density at radius 3 is 2.32 bits per heavy atom. The number of likely N-dealkylation sites (tertiary alicyclic amines) is 1. The van der Waals surface area contributed by atoms with Gasteiger partial charge in [-0.05, 0) is 49.6 Å². The number of aromatic amines is 1. The number of esters is 1. The molecule has 2 aliphatic rings. The lowest BCUT2D eigenvalue weighted by molar-refractivity contribution is -0.133. The van der Waals surface area contributed by atoms with Crippen molar-refractivity contribution in [2.24, 2.45) is 0 Å². The van der Waals surface area contributed by atoms with E-state index in [4.69, 9.17) is 4.74 Å². The summed E-state index contributed by atoms with van der Waals surface area (Å²) in [7, 11) is 1.40. The number of methoxy groups -OCH3 is 1. The number of carbonyl (C=O) groups is 2. The molecule has 196 valence electrons. The summed E-state index contributed by atoms with van der Waals surface area (Å²) in [5.41, 5.74) is 3.70. The predicted octanol–water partition coefficient (Wildman–Crippen LogP) is 4.65. The van der Waals surface area contributed by atoms with E-state index in [0.29, 0.717) is 11.6 Å². The number of benzene rings is 2. The first-order chi connectivity index (χ1) is 18.1. The number of hydrogen-bond donors (Lipinski definition) is 1. The molecule has 0 saturated carbocycles. The summed E-state index contributed by atoms with van der Waals surface area (Å²) in [4.78, 5) is 35.8. The fourth-order valence-corrected chi connectivity index (χ4v) is 5.79. The molecular weight excluding hydrogens is 464 g/mol. The van der Waals surface area contributed by atoms with Gasteiger partial charge in [-0.25, -0.2) is 4.79 Å². The molecule has 2 fully saturated rings. The number of ether oxygens (including phenoxy) is 1. The summed E-state index contributed by atoms with van der Waals surface area (Å²) >= 11 is 0. The highest BCUT2D eigenvalue weighted by Crippen LogP contribution is 2.29. The van der Waals surface area contributed by atoms with Gasteiger partial charge in [-0.3, -0.25) is 9.69 Å². The summed E-state index contributed by atoms with van der Waals surface area (Å²) in [6, 6.07) is 18.4. The quantitative estimate of drug-likeness (QED) is 0.476. The van der Waals surface area contributed by atoms with Gasteiger partial charge in [-0.1, -0.05) is 49.2 Å². The first-order valence-corrected chi connectivity index (χ1v) is 13.6. The van der Waals surface area contributed by atoms with Crippen molar-refractivity contribution < 1.29 is 14.3 Å². The third kappa shape index (κ3) is 5.82. The number of anilines is 1. The number of nitrogens with zero attached hydrogens (tertiary/aromatic N) is 3. The van der Waals surface area contributed by atoms with Crippen LogP contribution in [0.3, 0.4) is 0 Å². The maximum absolute atomic E-state index is 13.6. The molecule has 1 unspecified atom stereocenters. The van der Waals surface area contributed by atoms with Crippen LogP contribution in [0.2, 0.25) is 0 Å². The molecule has 1 N–H and O–H groups in total. The van der Waals surface area contributed by atoms with Crippen LogP contribution in [0.4, 0.5) is 5.69 Å². The zero-order chi connectivity index (χ0) is 25.6. The summed E-state index contributed by atoms with van der Waals surface area (Å²) in [5, 5.41) is 1.04. The predicted molar refractivity (Wildman–Crippen MR) is 147 cm³/mol. The van der Waals surface area contributed by atoms with E-state index in [2.05, 4.69) is 37.9 Å². The molecule has 2 saturated heterocycles. The molecule has 3 heterocycles. The maximum atomic E-state index is 13.6. The second kappa shape index (κ2) is 11.8. The van der Waals surface area contributed by atoms with Crippen molar-refractivity contribution in [2.45, 2.75) is 38.0 Å². The normalized spacial score (nSPS) is 18.0. The van der Waals surface area contributed by atoms with Crippen LogP contribution in [0.15, 0.2) is 54.6 Å². The fraction of sp³-hybridized carbons (Fsp3) is 0.467. The Bertz CT molecular complexity index is 1190. The first kappa shape index (κ1) is 25.3. The Hall–Kier alpha value is -3.32. The third-order valence-electron chi connectivity index (χ3n) is 7.91. The van der Waals surface area contributed by atoms with Gasteiger partial charge in [0.15, 0.2) is 0 Å². The molecule has 5 rings (SSSR count). The van der Waals surface area contributed by atoms with Gasteiger partial charge < -0.3 is 19.5 Å². The van der Waals surface area contributed by atoms with Crippen LogP contribution in [0.25, 0.3) is 10.9 Å². The van der Waals surface area contributed by atoms with E-state index < -0.39 is 0 Å². The molecule has 7 nitrogen and oxygen atoms in total. The van der Waals surface area contributed by atoms with Crippen LogP contribution in [0, 0.1) is 0 Å². The lowest BCUT2D eigenvalue weighted by Crippen LogP contribution is -2.47. The number of rotatable bonds is 7. The topological polar surface area (TPSA) is 68.9 Å². The second-order valence-corrected chi connectivity index (χ2v) is 10.2. The van der Waals surface area contributed by atoms with E-state index in [-0.39, 0.29) is 11.9 Å². The van der Waals surface area contributed by atoms with Gasteiger partial charge >= 0.3 is 5.97 Å². The van der Waals surface area contributed by atoms with Gasteiger partial charge in [0.05, 0.1) is 13.0 Å². The van der Waals surface area contributed by atoms with Crippen molar-refractivity contribution in [1.82, 2.24) is 14.8 Å². The number of nitrogens with one attached hydrogen (secondary N) is 1. The van der Waals surface area contributed by atoms with Crippen LogP contribution >= 0.6 is 0 Å². The summed E-state index contributed by atoms with van der Waals surface area (Å²) in [5.74, 6) is -0.135. The third-order valence-corrected chi connectivity index (χ3v) is 7.91. The zero-order valence-corrected chi connectivity index (χ0v) is 21.8. The minimum atomic E-state index is -0.352. The Morgan fingerprint density at radius 1 is 0.892 bits per heavy atom. The van der Waals surface area contributed by atoms with Gasteiger partial charge in [0.2, 0.25) is 5.91 Å². The summed E-state index contributed by atoms with van der Waals surface area (Å²) in [6.07, 6.45) is 5.53. The van der Waals surface area contributed by atoms with E-state index >= 15 is 0 Å². The molecule has 2 aromatic carbocycles. The van der Waals surface area contributed by atoms with Crippen molar-refractivity contribution in [1.29, 1.82) is 0 Å². The van der Waals surface area contributed by atoms with Crippen molar-refractivity contribution in [3.05, 3.63) is 65.9 Å². The van der Waals surface area contributed by atoms with Gasteiger partial charge in [-0.2, -0.15) is 0 Å². The fourth-order valence-electron chi connectivity index (χ4n) is 5.79. The second-order valence-electron chi connectivity index (χ2n) is 10.2. The molecule has 7 heteroatoms. The number of piperazine rings is 1. The van der Waals surface area contributed by atoms with E-state index in [9.17, 15) is 9.59 Å². The molecule has 0 radical (unpaired) electrons. The average molecular weight is 503 g/mol. The molecule has 0 spiro atoms. The van der Waals surface area contributed by atoms with E-state index in [0.717, 1.165) is 87.2 Å². The summed E-state index contributed by atoms with van der Waals surface area (Å²) in [6.45, 7) is 6.41. The number of carbonyl (C=O) groups excluding carboxylic acids is 2. The first-order valence-electron chi connectivity index (χ1n) is 13.6. The van der Waals surface area contributed by atoms with Crippen LogP contribution in [0.1, 0.15) is 54.1 Å². The van der Waals surface area contributed by atoms with Gasteiger partial charge in [0.25, 0.3) is 0 Å². The Morgan fingerprint density at radius 2 is 1.62 bits per heavy atom. The standard InChI is InChI=1S/C30H38N4O3/c1-37-30(36)27-22-25-26(31-27)12-9-13-28(25)33-20-18-32(19-21-33)17-14-24(23-10-5-4-6-11-23)29(35)34-15-7-2-3-8-16-34/h4-6,9-13,22,24,31H,2-3,7-8,14-21H2,1H3. The molecule has 3 aromatic rings. The summed E-state index contributed by atoms with van der Waals surface area (Å²) < 4.78 is 4.89. The minimum Gasteiger partial charge on any atom is -0.464 e. The van der Waals surface area contributed by atoms with Crippen molar-refractivity contribution in [2.75, 3.05) is 57.8 Å². The van der Waals surface area contributed by atoms with Crippen molar-refractivity contribution in [3.63, 3.8) is 0 Å². The maximum Gasteiger partial charge on any atom is 0.354 e. The van der Waals surface area contributed by atoms with Crippen LogP contribution in [-0.4, -0.2) is 79.6 Å². The van der Waals surface area contributed by atoms with E-state index in [1.54, 1.807) is 0 Å². The van der Waals surface area contributed by atoms with E-state index in [1.807, 2.05) is 36.4 Å². The largest absolute Gasteiger partial charge is 0.464 e. The van der Waals surface area contributed by atoms with E-state index in [1.165, 1.54) is 20.0 Å². The van der Waals surface area contributed by atoms with Gasteiger partial charge in [0.1, 0.15) is 5.69 Å². The molecule has 1 amide bonds. The molecule has 0 bridgehead atoms. The van der Waals surface area contributed by atoms with Crippen LogP contribution < -0.4 is 4.90 Å². The molecule has 1 aromatic heterocycles. The number of H-pyrrole nitrogens is 1. The number of hydrogen-bond acceptors (Lipinski definition) is 5. The van der Waals surface area contributed by atoms with Crippen LogP contribution in [-0.2, 0) is 9.53 Å². The lowest BCUT2D eigenvalue weighted by atomic mass is 9.93. The SMILES string of the molecule is COC(=O)c1cc2c(N3CCN(CCC(C(=O)N4CCCCCC4)c4ccccc4)CC3)cccc2[nH]1. The molecular formula is C30H38N4O3. The number of aromatic nitrogens is 1. The smallest absolute Gasteiger partial charge is 0.354 e. The minimum absolute atomic E-state index is 0.0809. The Labute approximate surface area is 219 Å². The van der Waals surface area contributed by atoms with Gasteiger partial charge in [-0.15, -0.1) is 0 Å². The number of amides is 1. The molecule has 2 aliphatic heterocycles. The van der Waals surface area contributed by atoms with Gasteiger partial charge in [0, 0.05) is 55.9 Å². The highest BCUT2D eigenvalue weighted by molar-refractivity contribution is 6.00. The lowest BCUT2D eigenvalue weighted by Gasteiger charge is -2.37. The Kier molecular flexibility index (Phi) is 8.09. The highest BCUT2D eigenvalue weighted by atomic mass is 16.5. The molecule has 37 heavy (non-hydrogen) atoms. The molecule has 1 atom stereocenters. The van der Waals surface area contributed by atoms with Crippen molar-refractivity contribution in [3.8, 4) is 0 Å². The number of fused-ring (bicyclic) bond motifs is 1. The zero-order valence-electron chi connectivity index (χ0n) is 21.8. The Balaban J connectivity index is 1.23. The average Bonchev–Trinajstić information content (AvgIpc) is 3.20. The van der Waals surface area contributed by atoms with Crippen LogP contribution in [0.5, 0.6) is 0 Å². The monoisotopic (exact) mass is 502 g/mol.